The Morgan fingerprint density at radius 3 is 2.90 bits per heavy atom. The van der Waals surface area contributed by atoms with E-state index in [0.717, 1.165) is 32.9 Å². The van der Waals surface area contributed by atoms with E-state index in [-0.39, 0.29) is 0 Å². The summed E-state index contributed by atoms with van der Waals surface area (Å²) in [4.78, 5) is 2.71. The van der Waals surface area contributed by atoms with Gasteiger partial charge in [-0.1, -0.05) is 19.8 Å². The maximum absolute atomic E-state index is 5.99. The molecule has 0 amide bonds. The number of morpholine rings is 1. The highest BCUT2D eigenvalue weighted by molar-refractivity contribution is 4.91. The van der Waals surface area contributed by atoms with E-state index < -0.39 is 0 Å². The first-order chi connectivity index (χ1) is 9.88. The SMILES string of the molecule is CCNC(CN1CCOC2CCCCC21)C1CCOC1. The van der Waals surface area contributed by atoms with Crippen LogP contribution in [0.4, 0.5) is 0 Å². The molecule has 20 heavy (non-hydrogen) atoms. The van der Waals surface area contributed by atoms with Crippen LogP contribution in [0.5, 0.6) is 0 Å². The van der Waals surface area contributed by atoms with Gasteiger partial charge in [0.1, 0.15) is 0 Å². The zero-order valence-electron chi connectivity index (χ0n) is 12.9. The minimum Gasteiger partial charge on any atom is -0.381 e. The molecule has 0 bridgehead atoms. The average Bonchev–Trinajstić information content (AvgIpc) is 3.01. The van der Waals surface area contributed by atoms with Gasteiger partial charge in [0.25, 0.3) is 0 Å². The molecule has 2 aliphatic heterocycles. The lowest BCUT2D eigenvalue weighted by Crippen LogP contribution is -2.57. The summed E-state index contributed by atoms with van der Waals surface area (Å²) in [5.41, 5.74) is 0. The third kappa shape index (κ3) is 3.35. The van der Waals surface area contributed by atoms with E-state index in [1.807, 2.05) is 0 Å². The Balaban J connectivity index is 1.60. The van der Waals surface area contributed by atoms with Crippen molar-refractivity contribution in [2.24, 2.45) is 5.92 Å². The van der Waals surface area contributed by atoms with Crippen molar-refractivity contribution in [1.29, 1.82) is 0 Å². The summed E-state index contributed by atoms with van der Waals surface area (Å²) >= 11 is 0. The number of likely N-dealkylation sites (N-methyl/N-ethyl adjacent to an activating group) is 1. The Kier molecular flexibility index (Phi) is 5.32. The fourth-order valence-electron chi connectivity index (χ4n) is 4.17. The number of fused-ring (bicyclic) bond motifs is 1. The van der Waals surface area contributed by atoms with Crippen LogP contribution >= 0.6 is 0 Å². The van der Waals surface area contributed by atoms with Crippen molar-refractivity contribution in [2.45, 2.75) is 57.2 Å². The molecular formula is C16H30N2O2. The lowest BCUT2D eigenvalue weighted by atomic mass is 9.89. The molecule has 0 aromatic carbocycles. The van der Waals surface area contributed by atoms with Crippen LogP contribution in [0, 0.1) is 5.92 Å². The number of hydrogen-bond donors (Lipinski definition) is 1. The van der Waals surface area contributed by atoms with E-state index in [0.29, 0.717) is 24.1 Å². The molecule has 1 saturated carbocycles. The Morgan fingerprint density at radius 1 is 1.20 bits per heavy atom. The Morgan fingerprint density at radius 2 is 2.10 bits per heavy atom. The van der Waals surface area contributed by atoms with Crippen LogP contribution < -0.4 is 5.32 Å². The molecule has 0 aromatic rings. The van der Waals surface area contributed by atoms with Crippen LogP contribution in [0.25, 0.3) is 0 Å². The van der Waals surface area contributed by atoms with Gasteiger partial charge < -0.3 is 14.8 Å². The molecule has 4 atom stereocenters. The number of ether oxygens (including phenoxy) is 2. The fraction of sp³-hybridized carbons (Fsp3) is 1.00. The topological polar surface area (TPSA) is 33.7 Å². The molecule has 4 heteroatoms. The van der Waals surface area contributed by atoms with Gasteiger partial charge in [-0.3, -0.25) is 4.90 Å². The predicted molar refractivity (Wildman–Crippen MR) is 80.0 cm³/mol. The first-order valence-corrected chi connectivity index (χ1v) is 8.55. The summed E-state index contributed by atoms with van der Waals surface area (Å²) in [6.07, 6.45) is 7.03. The highest BCUT2D eigenvalue weighted by Crippen LogP contribution is 2.29. The van der Waals surface area contributed by atoms with Gasteiger partial charge >= 0.3 is 0 Å². The van der Waals surface area contributed by atoms with Gasteiger partial charge in [-0.05, 0) is 25.8 Å². The Bertz CT molecular complexity index is 292. The number of rotatable bonds is 5. The van der Waals surface area contributed by atoms with Crippen LogP contribution in [0.1, 0.15) is 39.0 Å². The number of nitrogens with zero attached hydrogens (tertiary/aromatic N) is 1. The minimum absolute atomic E-state index is 0.500. The average molecular weight is 282 g/mol. The van der Waals surface area contributed by atoms with Gasteiger partial charge in [0, 0.05) is 37.7 Å². The van der Waals surface area contributed by atoms with E-state index >= 15 is 0 Å². The van der Waals surface area contributed by atoms with E-state index in [2.05, 4.69) is 17.1 Å². The molecule has 1 aliphatic carbocycles. The van der Waals surface area contributed by atoms with Crippen molar-refractivity contribution in [3.63, 3.8) is 0 Å². The summed E-state index contributed by atoms with van der Waals surface area (Å²) in [7, 11) is 0. The van der Waals surface area contributed by atoms with Gasteiger partial charge in [0.05, 0.1) is 19.3 Å². The maximum atomic E-state index is 5.99. The Hall–Kier alpha value is -0.160. The summed E-state index contributed by atoms with van der Waals surface area (Å²) < 4.78 is 11.6. The second-order valence-electron chi connectivity index (χ2n) is 6.54. The quantitative estimate of drug-likeness (QED) is 0.831. The van der Waals surface area contributed by atoms with Crippen molar-refractivity contribution < 1.29 is 9.47 Å². The molecule has 0 aromatic heterocycles. The molecule has 3 rings (SSSR count). The smallest absolute Gasteiger partial charge is 0.0730 e. The van der Waals surface area contributed by atoms with Crippen LogP contribution in [0.2, 0.25) is 0 Å². The highest BCUT2D eigenvalue weighted by atomic mass is 16.5. The van der Waals surface area contributed by atoms with Gasteiger partial charge in [-0.15, -0.1) is 0 Å². The van der Waals surface area contributed by atoms with Crippen molar-refractivity contribution in [2.75, 3.05) is 39.5 Å². The van der Waals surface area contributed by atoms with Crippen LogP contribution in [-0.2, 0) is 9.47 Å². The van der Waals surface area contributed by atoms with Crippen LogP contribution in [-0.4, -0.2) is 62.5 Å². The molecule has 4 nitrogen and oxygen atoms in total. The molecule has 0 radical (unpaired) electrons. The molecule has 4 unspecified atom stereocenters. The van der Waals surface area contributed by atoms with E-state index in [4.69, 9.17) is 9.47 Å². The van der Waals surface area contributed by atoms with Gasteiger partial charge in [-0.2, -0.15) is 0 Å². The number of hydrogen-bond acceptors (Lipinski definition) is 4. The van der Waals surface area contributed by atoms with E-state index in [1.54, 1.807) is 0 Å². The third-order valence-electron chi connectivity index (χ3n) is 5.28. The normalized spacial score (nSPS) is 36.8. The molecule has 0 spiro atoms. The van der Waals surface area contributed by atoms with Gasteiger partial charge in [0.2, 0.25) is 0 Å². The van der Waals surface area contributed by atoms with Gasteiger partial charge in [-0.25, -0.2) is 0 Å². The van der Waals surface area contributed by atoms with Gasteiger partial charge in [0.15, 0.2) is 0 Å². The minimum atomic E-state index is 0.500. The second-order valence-corrected chi connectivity index (χ2v) is 6.54. The third-order valence-corrected chi connectivity index (χ3v) is 5.28. The summed E-state index contributed by atoms with van der Waals surface area (Å²) in [6, 6.07) is 1.25. The first kappa shape index (κ1) is 14.8. The zero-order valence-corrected chi connectivity index (χ0v) is 12.9. The van der Waals surface area contributed by atoms with E-state index in [1.165, 1.54) is 38.6 Å². The maximum Gasteiger partial charge on any atom is 0.0730 e. The van der Waals surface area contributed by atoms with E-state index in [9.17, 15) is 0 Å². The zero-order chi connectivity index (χ0) is 13.8. The molecule has 2 heterocycles. The molecular weight excluding hydrogens is 252 g/mol. The van der Waals surface area contributed by atoms with Crippen LogP contribution in [0.15, 0.2) is 0 Å². The predicted octanol–water partition coefficient (Wildman–Crippen LogP) is 1.64. The first-order valence-electron chi connectivity index (χ1n) is 8.55. The number of nitrogens with one attached hydrogen (secondary N) is 1. The fourth-order valence-corrected chi connectivity index (χ4v) is 4.17. The summed E-state index contributed by atoms with van der Waals surface area (Å²) in [5.74, 6) is 0.694. The molecule has 3 fully saturated rings. The summed E-state index contributed by atoms with van der Waals surface area (Å²) in [5, 5.41) is 3.70. The van der Waals surface area contributed by atoms with Crippen molar-refractivity contribution in [3.8, 4) is 0 Å². The second kappa shape index (κ2) is 7.21. The molecule has 116 valence electrons. The Labute approximate surface area is 123 Å². The molecule has 1 N–H and O–H groups in total. The van der Waals surface area contributed by atoms with Crippen molar-refractivity contribution in [3.05, 3.63) is 0 Å². The summed E-state index contributed by atoms with van der Waals surface area (Å²) in [6.45, 7) is 8.35. The lowest BCUT2D eigenvalue weighted by Gasteiger charge is -2.45. The lowest BCUT2D eigenvalue weighted by molar-refractivity contribution is -0.0916. The van der Waals surface area contributed by atoms with Crippen molar-refractivity contribution in [1.82, 2.24) is 10.2 Å². The highest BCUT2D eigenvalue weighted by Gasteiger charge is 2.36. The molecule has 2 saturated heterocycles. The van der Waals surface area contributed by atoms with Crippen LogP contribution in [0.3, 0.4) is 0 Å². The monoisotopic (exact) mass is 282 g/mol. The van der Waals surface area contributed by atoms with Crippen molar-refractivity contribution >= 4 is 0 Å². The molecule has 3 aliphatic rings. The standard InChI is InChI=1S/C16H30N2O2/c1-2-17-14(13-7-9-19-12-13)11-18-8-10-20-16-6-4-3-5-15(16)18/h13-17H,2-12H2,1H3. The largest absolute Gasteiger partial charge is 0.381 e.